The highest BCUT2D eigenvalue weighted by molar-refractivity contribution is 6.01. The predicted octanol–water partition coefficient (Wildman–Crippen LogP) is 5.71. The van der Waals surface area contributed by atoms with Crippen LogP contribution in [0.5, 0.6) is 0 Å². The third kappa shape index (κ3) is 7.00. The summed E-state index contributed by atoms with van der Waals surface area (Å²) in [6, 6.07) is 18.3. The van der Waals surface area contributed by atoms with Crippen LogP contribution in [0.1, 0.15) is 27.9 Å². The number of carbonyl (C=O) groups excluding carboxylic acids is 2. The highest BCUT2D eigenvalue weighted by atomic mass is 19.4. The molecule has 0 unspecified atom stereocenters. The number of nitrogens with zero attached hydrogens (tertiary/aromatic N) is 2. The van der Waals surface area contributed by atoms with E-state index in [0.29, 0.717) is 17.7 Å². The summed E-state index contributed by atoms with van der Waals surface area (Å²) in [7, 11) is 0. The van der Waals surface area contributed by atoms with Crippen LogP contribution in [0.4, 0.5) is 23.7 Å². The van der Waals surface area contributed by atoms with Crippen LogP contribution in [-0.2, 0) is 19.3 Å². The molecular formula is C28H26F3N5O2. The molecule has 0 aliphatic carbocycles. The number of halogens is 3. The lowest BCUT2D eigenvalue weighted by atomic mass is 9.95. The Morgan fingerprint density at radius 2 is 1.66 bits per heavy atom. The third-order valence-electron chi connectivity index (χ3n) is 5.80. The molecule has 0 radical (unpaired) electrons. The van der Waals surface area contributed by atoms with Gasteiger partial charge < -0.3 is 20.5 Å². The van der Waals surface area contributed by atoms with Crippen molar-refractivity contribution in [2.45, 2.75) is 25.7 Å². The van der Waals surface area contributed by atoms with Gasteiger partial charge in [0, 0.05) is 43.3 Å². The fourth-order valence-corrected chi connectivity index (χ4v) is 3.96. The quantitative estimate of drug-likeness (QED) is 0.247. The fourth-order valence-electron chi connectivity index (χ4n) is 3.96. The first-order valence-corrected chi connectivity index (χ1v) is 11.9. The number of alkyl halides is 3. The molecule has 3 aromatic carbocycles. The molecule has 4 rings (SSSR count). The van der Waals surface area contributed by atoms with Gasteiger partial charge in [-0.05, 0) is 47.4 Å². The number of aryl methyl sites for hydroxylation is 1. The van der Waals surface area contributed by atoms with E-state index in [9.17, 15) is 22.8 Å². The van der Waals surface area contributed by atoms with Gasteiger partial charge in [0.15, 0.2) is 0 Å². The van der Waals surface area contributed by atoms with Crippen molar-refractivity contribution >= 4 is 17.6 Å². The molecule has 0 saturated carbocycles. The minimum atomic E-state index is -4.51. The summed E-state index contributed by atoms with van der Waals surface area (Å²) in [4.78, 5) is 29.4. The van der Waals surface area contributed by atoms with Crippen molar-refractivity contribution < 1.29 is 22.8 Å². The number of amides is 3. The van der Waals surface area contributed by atoms with Crippen LogP contribution in [0.2, 0.25) is 0 Å². The van der Waals surface area contributed by atoms with E-state index in [0.717, 1.165) is 36.2 Å². The molecule has 0 spiro atoms. The molecule has 3 N–H and O–H groups in total. The van der Waals surface area contributed by atoms with Crippen LogP contribution >= 0.6 is 0 Å². The van der Waals surface area contributed by atoms with Crippen LogP contribution in [0.3, 0.4) is 0 Å². The van der Waals surface area contributed by atoms with Crippen LogP contribution in [0.15, 0.2) is 91.5 Å². The van der Waals surface area contributed by atoms with E-state index < -0.39 is 17.8 Å². The van der Waals surface area contributed by atoms with Gasteiger partial charge in [-0.2, -0.15) is 13.2 Å². The Morgan fingerprint density at radius 1 is 0.895 bits per heavy atom. The Kier molecular flexibility index (Phi) is 8.42. The number of urea groups is 1. The monoisotopic (exact) mass is 521 g/mol. The van der Waals surface area contributed by atoms with E-state index in [1.807, 2.05) is 47.2 Å². The van der Waals surface area contributed by atoms with Crippen molar-refractivity contribution in [1.82, 2.24) is 20.2 Å². The molecule has 7 nitrogen and oxygen atoms in total. The maximum Gasteiger partial charge on any atom is 0.416 e. The van der Waals surface area contributed by atoms with Crippen LogP contribution in [0.25, 0.3) is 11.1 Å². The van der Waals surface area contributed by atoms with Crippen molar-refractivity contribution in [3.63, 3.8) is 0 Å². The Bertz CT molecular complexity index is 1390. The highest BCUT2D eigenvalue weighted by Gasteiger charge is 2.30. The summed E-state index contributed by atoms with van der Waals surface area (Å²) in [5.41, 5.74) is 1.88. The normalized spacial score (nSPS) is 11.1. The van der Waals surface area contributed by atoms with Crippen molar-refractivity contribution in [3.05, 3.63) is 108 Å². The van der Waals surface area contributed by atoms with Gasteiger partial charge in [-0.1, -0.05) is 48.5 Å². The lowest BCUT2D eigenvalue weighted by Crippen LogP contribution is -2.28. The average molecular weight is 522 g/mol. The molecule has 0 aliphatic rings. The summed E-state index contributed by atoms with van der Waals surface area (Å²) >= 11 is 0. The molecule has 1 heterocycles. The smallest absolute Gasteiger partial charge is 0.352 e. The van der Waals surface area contributed by atoms with E-state index in [1.54, 1.807) is 24.7 Å². The first-order chi connectivity index (χ1) is 18.3. The molecule has 10 heteroatoms. The molecule has 0 bridgehead atoms. The Labute approximate surface area is 217 Å². The second-order valence-corrected chi connectivity index (χ2v) is 8.50. The van der Waals surface area contributed by atoms with Crippen molar-refractivity contribution in [1.29, 1.82) is 0 Å². The maximum absolute atomic E-state index is 13.0. The maximum atomic E-state index is 13.0. The van der Waals surface area contributed by atoms with E-state index in [1.165, 1.54) is 12.1 Å². The highest BCUT2D eigenvalue weighted by Crippen LogP contribution is 2.31. The van der Waals surface area contributed by atoms with Crippen LogP contribution < -0.4 is 16.0 Å². The van der Waals surface area contributed by atoms with Gasteiger partial charge in [0.2, 0.25) is 0 Å². The van der Waals surface area contributed by atoms with Gasteiger partial charge in [0.25, 0.3) is 5.91 Å². The van der Waals surface area contributed by atoms with Crippen molar-refractivity contribution in [2.75, 3.05) is 11.9 Å². The molecule has 196 valence electrons. The summed E-state index contributed by atoms with van der Waals surface area (Å²) in [5.74, 6) is -0.212. The Balaban J connectivity index is 1.41. The number of nitrogens with one attached hydrogen (secondary N) is 3. The lowest BCUT2D eigenvalue weighted by molar-refractivity contribution is -0.137. The predicted molar refractivity (Wildman–Crippen MR) is 138 cm³/mol. The topological polar surface area (TPSA) is 88.1 Å². The van der Waals surface area contributed by atoms with E-state index in [-0.39, 0.29) is 18.1 Å². The summed E-state index contributed by atoms with van der Waals surface area (Å²) in [5, 5.41) is 8.06. The van der Waals surface area contributed by atoms with Crippen LogP contribution in [0, 0.1) is 0 Å². The van der Waals surface area contributed by atoms with Gasteiger partial charge in [-0.15, -0.1) is 0 Å². The van der Waals surface area contributed by atoms with Crippen molar-refractivity contribution in [3.8, 4) is 11.1 Å². The van der Waals surface area contributed by atoms with Crippen LogP contribution in [-0.4, -0.2) is 28.0 Å². The SMILES string of the molecule is O=C(NCc1ccccc1-c1ccccc1C(=O)NCCCn1ccnc1)Nc1cccc(C(F)(F)F)c1. The zero-order valence-electron chi connectivity index (χ0n) is 20.3. The van der Waals surface area contributed by atoms with E-state index >= 15 is 0 Å². The second kappa shape index (κ2) is 12.1. The number of hydrogen-bond acceptors (Lipinski definition) is 3. The summed E-state index contributed by atoms with van der Waals surface area (Å²) < 4.78 is 40.8. The molecule has 4 aromatic rings. The Hall–Kier alpha value is -4.60. The molecule has 0 atom stereocenters. The zero-order chi connectivity index (χ0) is 27.0. The van der Waals surface area contributed by atoms with Crippen molar-refractivity contribution in [2.24, 2.45) is 0 Å². The lowest BCUT2D eigenvalue weighted by Gasteiger charge is -2.15. The van der Waals surface area contributed by atoms with Gasteiger partial charge in [-0.25, -0.2) is 9.78 Å². The molecule has 0 aliphatic heterocycles. The molecule has 3 amide bonds. The number of imidazole rings is 1. The fraction of sp³-hybridized carbons (Fsp3) is 0.179. The van der Waals surface area contributed by atoms with Gasteiger partial charge in [-0.3, -0.25) is 4.79 Å². The minimum Gasteiger partial charge on any atom is -0.352 e. The molecule has 38 heavy (non-hydrogen) atoms. The van der Waals surface area contributed by atoms with Gasteiger partial charge >= 0.3 is 12.2 Å². The molecule has 1 aromatic heterocycles. The molecule has 0 saturated heterocycles. The van der Waals surface area contributed by atoms with E-state index in [4.69, 9.17) is 0 Å². The standard InChI is InChI=1S/C28H26F3N5O2/c29-28(30,31)21-8-5-9-22(17-21)35-27(38)34-18-20-7-1-2-10-23(20)24-11-3-4-12-25(24)26(37)33-13-6-15-36-16-14-32-19-36/h1-5,7-12,14,16-17,19H,6,13,15,18H2,(H,33,37)(H2,34,35,38). The summed E-state index contributed by atoms with van der Waals surface area (Å²) in [6.07, 6.45) is 1.53. The zero-order valence-corrected chi connectivity index (χ0v) is 20.3. The minimum absolute atomic E-state index is 0.0284. The number of aromatic nitrogens is 2. The second-order valence-electron chi connectivity index (χ2n) is 8.50. The van der Waals surface area contributed by atoms with E-state index in [2.05, 4.69) is 20.9 Å². The first kappa shape index (κ1) is 26.5. The third-order valence-corrected chi connectivity index (χ3v) is 5.80. The van der Waals surface area contributed by atoms with Gasteiger partial charge in [0.05, 0.1) is 11.9 Å². The number of rotatable bonds is 9. The number of benzene rings is 3. The largest absolute Gasteiger partial charge is 0.416 e. The summed E-state index contributed by atoms with van der Waals surface area (Å²) in [6.45, 7) is 1.32. The molecule has 0 fully saturated rings. The number of carbonyl (C=O) groups is 2. The Morgan fingerprint density at radius 3 is 2.42 bits per heavy atom. The first-order valence-electron chi connectivity index (χ1n) is 11.9. The number of anilines is 1. The number of hydrogen-bond donors (Lipinski definition) is 3. The van der Waals surface area contributed by atoms with Gasteiger partial charge in [0.1, 0.15) is 0 Å². The average Bonchev–Trinajstić information content (AvgIpc) is 3.43. The molecular weight excluding hydrogens is 495 g/mol.